The largest absolute Gasteiger partial charge is 0.534 e. The van der Waals surface area contributed by atoms with E-state index in [0.717, 1.165) is 25.3 Å². The van der Waals surface area contributed by atoms with Crippen LogP contribution < -0.4 is 4.18 Å². The van der Waals surface area contributed by atoms with Crippen LogP contribution in [0, 0.1) is 0 Å². The van der Waals surface area contributed by atoms with Crippen molar-refractivity contribution in [2.75, 3.05) is 7.11 Å². The van der Waals surface area contributed by atoms with E-state index in [1.54, 1.807) is 0 Å². The lowest BCUT2D eigenvalue weighted by atomic mass is 10.2. The van der Waals surface area contributed by atoms with Gasteiger partial charge in [-0.25, -0.2) is 4.79 Å². The number of halogens is 3. The fraction of sp³-hybridized carbons (Fsp3) is 0.182. The van der Waals surface area contributed by atoms with Crippen molar-refractivity contribution in [2.24, 2.45) is 0 Å². The second-order valence-electron chi connectivity index (χ2n) is 3.38. The Morgan fingerprint density at radius 3 is 2.40 bits per heavy atom. The highest BCUT2D eigenvalue weighted by Crippen LogP contribution is 2.29. The van der Waals surface area contributed by atoms with Crippen molar-refractivity contribution in [3.05, 3.63) is 35.9 Å². The number of rotatable bonds is 4. The number of alkyl halides is 3. The summed E-state index contributed by atoms with van der Waals surface area (Å²) in [6, 6.07) is 5.03. The first-order valence-electron chi connectivity index (χ1n) is 5.03. The molecule has 0 aliphatic carbocycles. The number of methoxy groups -OCH3 is 1. The minimum absolute atomic E-state index is 0.0225. The predicted octanol–water partition coefficient (Wildman–Crippen LogP) is 2.10. The number of hydrogen-bond acceptors (Lipinski definition) is 5. The summed E-state index contributed by atoms with van der Waals surface area (Å²) >= 11 is 0. The molecule has 1 aromatic rings. The molecule has 0 heterocycles. The average molecular weight is 310 g/mol. The van der Waals surface area contributed by atoms with Gasteiger partial charge in [0.2, 0.25) is 0 Å². The molecule has 110 valence electrons. The van der Waals surface area contributed by atoms with Gasteiger partial charge in [-0.3, -0.25) is 0 Å². The van der Waals surface area contributed by atoms with Crippen LogP contribution in [0.4, 0.5) is 13.2 Å². The van der Waals surface area contributed by atoms with Crippen LogP contribution in [-0.4, -0.2) is 27.0 Å². The normalized spacial score (nSPS) is 12.4. The van der Waals surface area contributed by atoms with Gasteiger partial charge < -0.3 is 8.92 Å². The first-order chi connectivity index (χ1) is 9.17. The summed E-state index contributed by atoms with van der Waals surface area (Å²) in [7, 11) is -4.65. The van der Waals surface area contributed by atoms with Gasteiger partial charge in [0, 0.05) is 11.6 Å². The third kappa shape index (κ3) is 3.98. The lowest BCUT2D eigenvalue weighted by Gasteiger charge is -2.11. The van der Waals surface area contributed by atoms with E-state index < -0.39 is 27.3 Å². The molecule has 5 nitrogen and oxygen atoms in total. The molecule has 0 atom stereocenters. The molecule has 0 aliphatic heterocycles. The smallest absolute Gasteiger partial charge is 0.466 e. The topological polar surface area (TPSA) is 69.7 Å². The van der Waals surface area contributed by atoms with E-state index in [1.165, 1.54) is 18.2 Å². The summed E-state index contributed by atoms with van der Waals surface area (Å²) in [4.78, 5) is 10.9. The number of carbonyl (C=O) groups is 1. The van der Waals surface area contributed by atoms with Gasteiger partial charge >= 0.3 is 21.6 Å². The van der Waals surface area contributed by atoms with E-state index in [2.05, 4.69) is 8.92 Å². The number of benzene rings is 1. The molecule has 1 aromatic carbocycles. The van der Waals surface area contributed by atoms with Crippen LogP contribution in [0.1, 0.15) is 5.56 Å². The number of ether oxygens (including phenoxy) is 1. The lowest BCUT2D eigenvalue weighted by Crippen LogP contribution is -2.28. The van der Waals surface area contributed by atoms with E-state index >= 15 is 0 Å². The maximum Gasteiger partial charge on any atom is 0.534 e. The zero-order valence-corrected chi connectivity index (χ0v) is 10.9. The van der Waals surface area contributed by atoms with Crippen LogP contribution >= 0.6 is 0 Å². The molecule has 9 heteroatoms. The summed E-state index contributed by atoms with van der Waals surface area (Å²) in [5.41, 5.74) is -5.56. The molecule has 0 fully saturated rings. The van der Waals surface area contributed by atoms with Crippen molar-refractivity contribution in [1.82, 2.24) is 0 Å². The highest BCUT2D eigenvalue weighted by molar-refractivity contribution is 7.88. The highest BCUT2D eigenvalue weighted by Gasteiger charge is 2.48. The van der Waals surface area contributed by atoms with Crippen molar-refractivity contribution < 1.29 is 35.3 Å². The molecule has 0 saturated carbocycles. The summed E-state index contributed by atoms with van der Waals surface area (Å²) < 4.78 is 66.8. The number of para-hydroxylation sites is 1. The summed E-state index contributed by atoms with van der Waals surface area (Å²) in [5, 5.41) is 0. The molecular formula is C11H9F3O5S. The first kappa shape index (κ1) is 16.0. The fourth-order valence-corrected chi connectivity index (χ4v) is 1.57. The van der Waals surface area contributed by atoms with Gasteiger partial charge in [0.05, 0.1) is 7.11 Å². The maximum atomic E-state index is 12.2. The van der Waals surface area contributed by atoms with Gasteiger partial charge in [0.25, 0.3) is 0 Å². The van der Waals surface area contributed by atoms with Crippen LogP contribution in [0.5, 0.6) is 5.75 Å². The molecule has 0 aliphatic rings. The standard InChI is InChI=1S/C11H9F3O5S/c1-18-10(15)7-6-8-4-2-3-5-9(8)19-20(16,17)11(12,13)14/h2-7H,1H3/b7-6+. The second kappa shape index (κ2) is 5.95. The summed E-state index contributed by atoms with van der Waals surface area (Å²) in [6.45, 7) is 0. The Hall–Kier alpha value is -2.03. The number of carbonyl (C=O) groups excluding carboxylic acids is 1. The molecule has 0 unspecified atom stereocenters. The van der Waals surface area contributed by atoms with Gasteiger partial charge in [0.1, 0.15) is 5.75 Å². The molecule has 1 rings (SSSR count). The zero-order valence-electron chi connectivity index (χ0n) is 10.0. The zero-order chi connectivity index (χ0) is 15.4. The van der Waals surface area contributed by atoms with Gasteiger partial charge in [-0.1, -0.05) is 18.2 Å². The average Bonchev–Trinajstić information content (AvgIpc) is 2.35. The SMILES string of the molecule is COC(=O)/C=C/c1ccccc1OS(=O)(=O)C(F)(F)F. The van der Waals surface area contributed by atoms with Crippen LogP contribution in [-0.2, 0) is 19.6 Å². The quantitative estimate of drug-likeness (QED) is 0.369. The molecule has 0 aromatic heterocycles. The lowest BCUT2D eigenvalue weighted by molar-refractivity contribution is -0.134. The van der Waals surface area contributed by atoms with E-state index in [1.807, 2.05) is 0 Å². The van der Waals surface area contributed by atoms with Gasteiger partial charge in [-0.2, -0.15) is 21.6 Å². The third-order valence-corrected chi connectivity index (χ3v) is 2.97. The van der Waals surface area contributed by atoms with E-state index in [4.69, 9.17) is 0 Å². The maximum absolute atomic E-state index is 12.2. The van der Waals surface area contributed by atoms with Gasteiger partial charge in [0.15, 0.2) is 0 Å². The molecule has 0 radical (unpaired) electrons. The predicted molar refractivity (Wildman–Crippen MR) is 63.1 cm³/mol. The van der Waals surface area contributed by atoms with E-state index in [0.29, 0.717) is 0 Å². The van der Waals surface area contributed by atoms with Crippen molar-refractivity contribution in [3.63, 3.8) is 0 Å². The van der Waals surface area contributed by atoms with Crippen molar-refractivity contribution in [1.29, 1.82) is 0 Å². The molecule has 0 saturated heterocycles. The second-order valence-corrected chi connectivity index (χ2v) is 4.92. The molecule has 0 amide bonds. The van der Waals surface area contributed by atoms with Crippen LogP contribution in [0.25, 0.3) is 6.08 Å². The molecule has 0 bridgehead atoms. The van der Waals surface area contributed by atoms with Crippen molar-refractivity contribution >= 4 is 22.2 Å². The summed E-state index contributed by atoms with van der Waals surface area (Å²) in [5.74, 6) is -1.30. The molecule has 0 spiro atoms. The minimum atomic E-state index is -5.77. The monoisotopic (exact) mass is 310 g/mol. The minimum Gasteiger partial charge on any atom is -0.466 e. The van der Waals surface area contributed by atoms with Gasteiger partial charge in [-0.05, 0) is 12.1 Å². The summed E-state index contributed by atoms with van der Waals surface area (Å²) in [6.07, 6.45) is 2.00. The van der Waals surface area contributed by atoms with E-state index in [9.17, 15) is 26.4 Å². The Bertz CT molecular complexity index is 619. The van der Waals surface area contributed by atoms with Crippen LogP contribution in [0.3, 0.4) is 0 Å². The Morgan fingerprint density at radius 1 is 1.25 bits per heavy atom. The highest BCUT2D eigenvalue weighted by atomic mass is 32.2. The van der Waals surface area contributed by atoms with Crippen LogP contribution in [0.2, 0.25) is 0 Å². The first-order valence-corrected chi connectivity index (χ1v) is 6.44. The van der Waals surface area contributed by atoms with Crippen LogP contribution in [0.15, 0.2) is 30.3 Å². The van der Waals surface area contributed by atoms with Gasteiger partial charge in [-0.15, -0.1) is 0 Å². The number of esters is 1. The fourth-order valence-electron chi connectivity index (χ4n) is 1.09. The molecule has 20 heavy (non-hydrogen) atoms. The number of hydrogen-bond donors (Lipinski definition) is 0. The van der Waals surface area contributed by atoms with E-state index in [-0.39, 0.29) is 5.56 Å². The van der Waals surface area contributed by atoms with Crippen molar-refractivity contribution in [3.8, 4) is 5.75 Å². The Labute approximate surface area is 112 Å². The Morgan fingerprint density at radius 2 is 1.85 bits per heavy atom. The Balaban J connectivity index is 3.09. The molecular weight excluding hydrogens is 301 g/mol. The Kier molecular flexibility index (Phi) is 4.77. The van der Waals surface area contributed by atoms with Crippen molar-refractivity contribution in [2.45, 2.75) is 5.51 Å². The third-order valence-electron chi connectivity index (χ3n) is 2.00. The molecule has 0 N–H and O–H groups in total.